The zero-order valence-corrected chi connectivity index (χ0v) is 19.8. The number of hydrogen-bond acceptors (Lipinski definition) is 5. The van der Waals surface area contributed by atoms with E-state index < -0.39 is 4.92 Å². The lowest BCUT2D eigenvalue weighted by atomic mass is 10.0. The van der Waals surface area contributed by atoms with E-state index in [0.29, 0.717) is 39.1 Å². The van der Waals surface area contributed by atoms with Gasteiger partial charge in [-0.05, 0) is 53.5 Å². The number of benzene rings is 3. The Morgan fingerprint density at radius 2 is 1.97 bits per heavy atom. The van der Waals surface area contributed by atoms with Gasteiger partial charge >= 0.3 is 0 Å². The first-order chi connectivity index (χ1) is 16.4. The molecule has 0 radical (unpaired) electrons. The standard InChI is InChI=1S/C26H20Cl2N2O4/c1-3-5-20-10-18(11-21(15-29)19-6-4-7-22(14-19)30(31)32)13-25(33-2)26(20)34-16-17-8-9-23(27)24(28)12-17/h3-4,6-14H,1,5,16H2,2H3. The van der Waals surface area contributed by atoms with Gasteiger partial charge in [-0.2, -0.15) is 5.26 Å². The molecule has 0 saturated heterocycles. The number of hydrogen-bond donors (Lipinski definition) is 0. The topological polar surface area (TPSA) is 85.4 Å². The number of nitro benzene ring substituents is 1. The molecule has 0 bridgehead atoms. The van der Waals surface area contributed by atoms with Crippen LogP contribution in [0.1, 0.15) is 22.3 Å². The van der Waals surface area contributed by atoms with Crippen molar-refractivity contribution in [2.75, 3.05) is 7.11 Å². The minimum atomic E-state index is -0.496. The van der Waals surface area contributed by atoms with Gasteiger partial charge in [0.2, 0.25) is 0 Å². The second kappa shape index (κ2) is 11.4. The largest absolute Gasteiger partial charge is 0.493 e. The van der Waals surface area contributed by atoms with Crippen molar-refractivity contribution in [3.8, 4) is 17.6 Å². The van der Waals surface area contributed by atoms with Crippen LogP contribution in [0.25, 0.3) is 11.6 Å². The van der Waals surface area contributed by atoms with Crippen LogP contribution in [-0.4, -0.2) is 12.0 Å². The minimum absolute atomic E-state index is 0.0883. The number of ether oxygens (including phenoxy) is 2. The second-order valence-electron chi connectivity index (χ2n) is 7.22. The van der Waals surface area contributed by atoms with Crippen LogP contribution in [-0.2, 0) is 13.0 Å². The third kappa shape index (κ3) is 5.96. The normalized spacial score (nSPS) is 10.9. The molecule has 0 amide bonds. The van der Waals surface area contributed by atoms with Crippen molar-refractivity contribution in [3.63, 3.8) is 0 Å². The number of nitriles is 1. The van der Waals surface area contributed by atoms with Gasteiger partial charge in [-0.1, -0.05) is 47.5 Å². The third-order valence-corrected chi connectivity index (χ3v) is 5.64. The average Bonchev–Trinajstić information content (AvgIpc) is 2.83. The molecule has 3 rings (SSSR count). The molecule has 0 atom stereocenters. The zero-order valence-electron chi connectivity index (χ0n) is 18.3. The summed E-state index contributed by atoms with van der Waals surface area (Å²) >= 11 is 12.1. The molecule has 0 aliphatic carbocycles. The van der Waals surface area contributed by atoms with Gasteiger partial charge in [0.05, 0.1) is 33.7 Å². The molecule has 0 aliphatic heterocycles. The zero-order chi connectivity index (χ0) is 24.7. The average molecular weight is 495 g/mol. The maximum atomic E-state index is 11.1. The van der Waals surface area contributed by atoms with E-state index >= 15 is 0 Å². The summed E-state index contributed by atoms with van der Waals surface area (Å²) in [6, 6.07) is 16.9. The highest BCUT2D eigenvalue weighted by Crippen LogP contribution is 2.36. The van der Waals surface area contributed by atoms with Crippen molar-refractivity contribution in [3.05, 3.63) is 110 Å². The fourth-order valence-electron chi connectivity index (χ4n) is 3.31. The number of allylic oxidation sites excluding steroid dienone is 2. The number of nitrogens with zero attached hydrogens (tertiary/aromatic N) is 2. The van der Waals surface area contributed by atoms with Crippen LogP contribution in [0, 0.1) is 21.4 Å². The van der Waals surface area contributed by atoms with E-state index in [1.165, 1.54) is 19.2 Å². The Kier molecular flexibility index (Phi) is 8.31. The minimum Gasteiger partial charge on any atom is -0.493 e. The van der Waals surface area contributed by atoms with E-state index in [-0.39, 0.29) is 17.9 Å². The summed E-state index contributed by atoms with van der Waals surface area (Å²) in [5.41, 5.74) is 2.95. The smallest absolute Gasteiger partial charge is 0.270 e. The van der Waals surface area contributed by atoms with Crippen LogP contribution in [0.2, 0.25) is 10.0 Å². The second-order valence-corrected chi connectivity index (χ2v) is 8.03. The highest BCUT2D eigenvalue weighted by Gasteiger charge is 2.15. The monoisotopic (exact) mass is 494 g/mol. The van der Waals surface area contributed by atoms with Gasteiger partial charge in [-0.3, -0.25) is 10.1 Å². The molecular weight excluding hydrogens is 475 g/mol. The van der Waals surface area contributed by atoms with E-state index in [4.69, 9.17) is 32.7 Å². The van der Waals surface area contributed by atoms with Crippen molar-refractivity contribution in [1.82, 2.24) is 0 Å². The molecule has 34 heavy (non-hydrogen) atoms. The summed E-state index contributed by atoms with van der Waals surface area (Å²) in [6.45, 7) is 4.05. The van der Waals surface area contributed by atoms with Gasteiger partial charge in [0.15, 0.2) is 11.5 Å². The SMILES string of the molecule is C=CCc1cc(C=C(C#N)c2cccc([N+](=O)[O-])c2)cc(OC)c1OCc1ccc(Cl)c(Cl)c1. The molecule has 0 aliphatic rings. The Balaban J connectivity index is 1.99. The fraction of sp³-hybridized carbons (Fsp3) is 0.115. The third-order valence-electron chi connectivity index (χ3n) is 4.90. The Morgan fingerprint density at radius 1 is 1.18 bits per heavy atom. The molecule has 0 aromatic heterocycles. The molecule has 0 fully saturated rings. The molecule has 172 valence electrons. The highest BCUT2D eigenvalue weighted by atomic mass is 35.5. The Labute approximate surface area is 207 Å². The summed E-state index contributed by atoms with van der Waals surface area (Å²) in [5, 5.41) is 21.7. The first kappa shape index (κ1) is 24.8. The molecule has 0 saturated carbocycles. The molecule has 0 unspecified atom stereocenters. The van der Waals surface area contributed by atoms with E-state index in [1.807, 2.05) is 12.1 Å². The predicted octanol–water partition coefficient (Wildman–Crippen LogP) is 7.28. The van der Waals surface area contributed by atoms with Crippen molar-refractivity contribution < 1.29 is 14.4 Å². The maximum Gasteiger partial charge on any atom is 0.270 e. The van der Waals surface area contributed by atoms with Gasteiger partial charge in [-0.25, -0.2) is 0 Å². The lowest BCUT2D eigenvalue weighted by molar-refractivity contribution is -0.384. The molecule has 3 aromatic rings. The van der Waals surface area contributed by atoms with Gasteiger partial charge in [0.1, 0.15) is 6.61 Å². The molecule has 3 aromatic carbocycles. The van der Waals surface area contributed by atoms with E-state index in [1.54, 1.807) is 42.5 Å². The van der Waals surface area contributed by atoms with Crippen LogP contribution >= 0.6 is 23.2 Å². The Bertz CT molecular complexity index is 1310. The van der Waals surface area contributed by atoms with Crippen molar-refractivity contribution in [2.45, 2.75) is 13.0 Å². The molecule has 6 nitrogen and oxygen atoms in total. The number of non-ortho nitro benzene ring substituents is 1. The van der Waals surface area contributed by atoms with E-state index in [2.05, 4.69) is 12.6 Å². The quantitative estimate of drug-likeness (QED) is 0.102. The lowest BCUT2D eigenvalue weighted by Gasteiger charge is -2.16. The maximum absolute atomic E-state index is 11.1. The summed E-state index contributed by atoms with van der Waals surface area (Å²) in [4.78, 5) is 10.6. The highest BCUT2D eigenvalue weighted by molar-refractivity contribution is 6.42. The van der Waals surface area contributed by atoms with E-state index in [9.17, 15) is 15.4 Å². The Hall–Kier alpha value is -3.79. The van der Waals surface area contributed by atoms with Crippen molar-refractivity contribution in [1.29, 1.82) is 5.26 Å². The van der Waals surface area contributed by atoms with Crippen LogP contribution in [0.4, 0.5) is 5.69 Å². The van der Waals surface area contributed by atoms with E-state index in [0.717, 1.165) is 11.1 Å². The molecule has 0 N–H and O–H groups in total. The number of rotatable bonds is 9. The van der Waals surface area contributed by atoms with Crippen LogP contribution < -0.4 is 9.47 Å². The van der Waals surface area contributed by atoms with Gasteiger partial charge in [0.25, 0.3) is 5.69 Å². The lowest BCUT2D eigenvalue weighted by Crippen LogP contribution is -2.02. The summed E-state index contributed by atoms with van der Waals surface area (Å²) in [7, 11) is 1.53. The molecule has 0 spiro atoms. The fourth-order valence-corrected chi connectivity index (χ4v) is 3.63. The Morgan fingerprint density at radius 3 is 2.62 bits per heavy atom. The molecule has 0 heterocycles. The molecular formula is C26H20Cl2N2O4. The number of methoxy groups -OCH3 is 1. The predicted molar refractivity (Wildman–Crippen MR) is 134 cm³/mol. The van der Waals surface area contributed by atoms with Crippen LogP contribution in [0.3, 0.4) is 0 Å². The summed E-state index contributed by atoms with van der Waals surface area (Å²) in [6.07, 6.45) is 3.88. The summed E-state index contributed by atoms with van der Waals surface area (Å²) in [5.74, 6) is 1.02. The van der Waals surface area contributed by atoms with Crippen molar-refractivity contribution in [2.24, 2.45) is 0 Å². The first-order valence-corrected chi connectivity index (χ1v) is 10.9. The molecule has 8 heteroatoms. The van der Waals surface area contributed by atoms with Gasteiger partial charge in [0, 0.05) is 17.7 Å². The van der Waals surface area contributed by atoms with Crippen LogP contribution in [0.5, 0.6) is 11.5 Å². The number of nitro groups is 1. The summed E-state index contributed by atoms with van der Waals surface area (Å²) < 4.78 is 11.6. The van der Waals surface area contributed by atoms with Gasteiger partial charge < -0.3 is 9.47 Å². The number of halogens is 2. The van der Waals surface area contributed by atoms with Crippen LogP contribution in [0.15, 0.2) is 67.3 Å². The van der Waals surface area contributed by atoms with Crippen molar-refractivity contribution >= 4 is 40.5 Å². The van der Waals surface area contributed by atoms with Gasteiger partial charge in [-0.15, -0.1) is 6.58 Å². The first-order valence-electron chi connectivity index (χ1n) is 10.1.